The van der Waals surface area contributed by atoms with E-state index in [1.807, 2.05) is 0 Å². The van der Waals surface area contributed by atoms with Gasteiger partial charge >= 0.3 is 5.97 Å². The summed E-state index contributed by atoms with van der Waals surface area (Å²) in [5.74, 6) is -0.752. The maximum atomic E-state index is 11.7. The van der Waals surface area contributed by atoms with Gasteiger partial charge in [-0.15, -0.1) is 0 Å². The van der Waals surface area contributed by atoms with Crippen LogP contribution >= 0.6 is 11.6 Å². The van der Waals surface area contributed by atoms with Crippen molar-refractivity contribution >= 4 is 29.2 Å². The Hall–Kier alpha value is -1.75. The number of esters is 1. The normalized spacial score (nSPS) is 9.76. The molecule has 0 aromatic heterocycles. The molecule has 1 amide bonds. The second-order valence-electron chi connectivity index (χ2n) is 3.28. The monoisotopic (exact) mass is 256 g/mol. The lowest BCUT2D eigenvalue weighted by molar-refractivity contribution is -0.140. The van der Waals surface area contributed by atoms with Gasteiger partial charge in [0.2, 0.25) is 0 Å². The van der Waals surface area contributed by atoms with Crippen molar-refractivity contribution in [2.45, 2.75) is 6.42 Å². The molecule has 0 spiro atoms. The van der Waals surface area contributed by atoms with Gasteiger partial charge < -0.3 is 15.8 Å². The van der Waals surface area contributed by atoms with Crippen molar-refractivity contribution in [1.29, 1.82) is 0 Å². The molecule has 1 aromatic carbocycles. The van der Waals surface area contributed by atoms with Gasteiger partial charge in [-0.3, -0.25) is 9.59 Å². The molecular formula is C11H13ClN2O3. The topological polar surface area (TPSA) is 81.4 Å². The fraction of sp³-hybridized carbons (Fsp3) is 0.273. The number of anilines is 1. The molecule has 92 valence electrons. The molecule has 0 heterocycles. The van der Waals surface area contributed by atoms with Gasteiger partial charge in [-0.25, -0.2) is 0 Å². The van der Waals surface area contributed by atoms with E-state index >= 15 is 0 Å². The van der Waals surface area contributed by atoms with Gasteiger partial charge in [0.15, 0.2) is 0 Å². The number of nitrogens with one attached hydrogen (secondary N) is 1. The van der Waals surface area contributed by atoms with E-state index in [0.29, 0.717) is 10.6 Å². The first-order chi connectivity index (χ1) is 8.06. The Morgan fingerprint density at radius 1 is 1.47 bits per heavy atom. The van der Waals surface area contributed by atoms with Crippen LogP contribution in [0.5, 0.6) is 0 Å². The number of ether oxygens (including phenoxy) is 1. The van der Waals surface area contributed by atoms with Crippen LogP contribution in [0.15, 0.2) is 18.2 Å². The van der Waals surface area contributed by atoms with E-state index in [4.69, 9.17) is 17.3 Å². The second kappa shape index (κ2) is 6.10. The maximum absolute atomic E-state index is 11.7. The minimum absolute atomic E-state index is 0.114. The molecule has 0 saturated heterocycles. The Morgan fingerprint density at radius 3 is 2.82 bits per heavy atom. The minimum atomic E-state index is -0.385. The molecule has 0 aliphatic heterocycles. The predicted octanol–water partition coefficient (Wildman–Crippen LogP) is 1.22. The van der Waals surface area contributed by atoms with E-state index in [-0.39, 0.29) is 30.5 Å². The van der Waals surface area contributed by atoms with Crippen LogP contribution in [0.2, 0.25) is 5.02 Å². The average molecular weight is 257 g/mol. The number of hydrogen-bond acceptors (Lipinski definition) is 4. The lowest BCUT2D eigenvalue weighted by Crippen LogP contribution is -2.27. The lowest BCUT2D eigenvalue weighted by Gasteiger charge is -2.07. The Morgan fingerprint density at radius 2 is 2.18 bits per heavy atom. The van der Waals surface area contributed by atoms with Gasteiger partial charge in [0.25, 0.3) is 5.91 Å². The van der Waals surface area contributed by atoms with Gasteiger partial charge in [-0.1, -0.05) is 17.7 Å². The highest BCUT2D eigenvalue weighted by molar-refractivity contribution is 6.33. The Balaban J connectivity index is 2.59. The van der Waals surface area contributed by atoms with Gasteiger partial charge in [-0.2, -0.15) is 0 Å². The average Bonchev–Trinajstić information content (AvgIpc) is 2.32. The Labute approximate surface area is 104 Å². The van der Waals surface area contributed by atoms with Crippen molar-refractivity contribution in [3.05, 3.63) is 28.8 Å². The SMILES string of the molecule is COC(=O)CCNC(=O)c1cccc(Cl)c1N. The molecule has 0 aliphatic carbocycles. The molecule has 0 unspecified atom stereocenters. The molecule has 0 aliphatic rings. The molecule has 1 rings (SSSR count). The summed E-state index contributed by atoms with van der Waals surface area (Å²) in [7, 11) is 1.29. The molecule has 0 saturated carbocycles. The number of carbonyl (C=O) groups excluding carboxylic acids is 2. The first-order valence-corrected chi connectivity index (χ1v) is 5.33. The number of benzene rings is 1. The third kappa shape index (κ3) is 3.64. The van der Waals surface area contributed by atoms with Gasteiger partial charge in [0.05, 0.1) is 29.8 Å². The van der Waals surface area contributed by atoms with E-state index in [9.17, 15) is 9.59 Å². The summed E-state index contributed by atoms with van der Waals surface area (Å²) in [6.45, 7) is 0.192. The van der Waals surface area contributed by atoms with Crippen LogP contribution in [-0.2, 0) is 9.53 Å². The van der Waals surface area contributed by atoms with Crippen LogP contribution in [0.3, 0.4) is 0 Å². The molecule has 6 heteroatoms. The fourth-order valence-electron chi connectivity index (χ4n) is 1.21. The summed E-state index contributed by atoms with van der Waals surface area (Å²) < 4.78 is 4.44. The third-order valence-electron chi connectivity index (χ3n) is 2.14. The number of methoxy groups -OCH3 is 1. The van der Waals surface area contributed by atoms with E-state index < -0.39 is 0 Å². The smallest absolute Gasteiger partial charge is 0.307 e. The lowest BCUT2D eigenvalue weighted by atomic mass is 10.1. The first kappa shape index (κ1) is 13.3. The Kier molecular flexibility index (Phi) is 4.78. The van der Waals surface area contributed by atoms with Crippen LogP contribution < -0.4 is 11.1 Å². The Bertz CT molecular complexity index is 435. The van der Waals surface area contributed by atoms with E-state index in [1.54, 1.807) is 18.2 Å². The second-order valence-corrected chi connectivity index (χ2v) is 3.69. The van der Waals surface area contributed by atoms with E-state index in [0.717, 1.165) is 0 Å². The molecule has 17 heavy (non-hydrogen) atoms. The number of para-hydroxylation sites is 1. The van der Waals surface area contributed by atoms with Gasteiger partial charge in [-0.05, 0) is 12.1 Å². The van der Waals surface area contributed by atoms with Crippen molar-refractivity contribution in [3.63, 3.8) is 0 Å². The highest BCUT2D eigenvalue weighted by atomic mass is 35.5. The molecule has 0 radical (unpaired) electrons. The summed E-state index contributed by atoms with van der Waals surface area (Å²) in [6, 6.07) is 4.80. The predicted molar refractivity (Wildman–Crippen MR) is 64.8 cm³/mol. The number of amides is 1. The van der Waals surface area contributed by atoms with Crippen LogP contribution in [0.4, 0.5) is 5.69 Å². The molecule has 0 atom stereocenters. The largest absolute Gasteiger partial charge is 0.469 e. The third-order valence-corrected chi connectivity index (χ3v) is 2.47. The standard InChI is InChI=1S/C11H13ClN2O3/c1-17-9(15)5-6-14-11(16)7-3-2-4-8(12)10(7)13/h2-4H,5-6,13H2,1H3,(H,14,16). The van der Waals surface area contributed by atoms with Crippen molar-refractivity contribution in [1.82, 2.24) is 5.32 Å². The molecule has 1 aromatic rings. The van der Waals surface area contributed by atoms with Crippen LogP contribution in [-0.4, -0.2) is 25.5 Å². The van der Waals surface area contributed by atoms with E-state index in [2.05, 4.69) is 10.1 Å². The van der Waals surface area contributed by atoms with Crippen LogP contribution in [0.1, 0.15) is 16.8 Å². The molecular weight excluding hydrogens is 244 g/mol. The highest BCUT2D eigenvalue weighted by Gasteiger charge is 2.11. The quantitative estimate of drug-likeness (QED) is 0.627. The van der Waals surface area contributed by atoms with Gasteiger partial charge in [0.1, 0.15) is 0 Å². The summed E-state index contributed by atoms with van der Waals surface area (Å²) in [5.41, 5.74) is 6.18. The van der Waals surface area contributed by atoms with Crippen molar-refractivity contribution in [3.8, 4) is 0 Å². The number of rotatable bonds is 4. The number of halogens is 1. The summed E-state index contributed by atoms with van der Waals surface area (Å²) in [6.07, 6.45) is 0.114. The van der Waals surface area contributed by atoms with Crippen LogP contribution in [0, 0.1) is 0 Å². The molecule has 0 fully saturated rings. The zero-order valence-corrected chi connectivity index (χ0v) is 10.1. The molecule has 3 N–H and O–H groups in total. The van der Waals surface area contributed by atoms with Crippen molar-refractivity contribution < 1.29 is 14.3 Å². The first-order valence-electron chi connectivity index (χ1n) is 4.95. The van der Waals surface area contributed by atoms with E-state index in [1.165, 1.54) is 7.11 Å². The number of carbonyl (C=O) groups is 2. The zero-order chi connectivity index (χ0) is 12.8. The summed E-state index contributed by atoms with van der Waals surface area (Å²) >= 11 is 5.79. The van der Waals surface area contributed by atoms with Crippen molar-refractivity contribution in [2.75, 3.05) is 19.4 Å². The highest BCUT2D eigenvalue weighted by Crippen LogP contribution is 2.21. The number of nitrogens with two attached hydrogens (primary N) is 1. The van der Waals surface area contributed by atoms with Crippen molar-refractivity contribution in [2.24, 2.45) is 0 Å². The number of nitrogen functional groups attached to an aromatic ring is 1. The summed E-state index contributed by atoms with van der Waals surface area (Å²) in [5, 5.41) is 2.88. The fourth-order valence-corrected chi connectivity index (χ4v) is 1.38. The number of hydrogen-bond donors (Lipinski definition) is 2. The summed E-state index contributed by atoms with van der Waals surface area (Å²) in [4.78, 5) is 22.5. The molecule has 0 bridgehead atoms. The molecule has 5 nitrogen and oxygen atoms in total. The van der Waals surface area contributed by atoms with Crippen LogP contribution in [0.25, 0.3) is 0 Å². The maximum Gasteiger partial charge on any atom is 0.307 e. The zero-order valence-electron chi connectivity index (χ0n) is 9.33. The minimum Gasteiger partial charge on any atom is -0.469 e. The van der Waals surface area contributed by atoms with Gasteiger partial charge in [0, 0.05) is 6.54 Å².